The molecule has 6 nitrogen and oxygen atoms in total. The maximum Gasteiger partial charge on any atom is 0.218 e. The van der Waals surface area contributed by atoms with E-state index in [4.69, 9.17) is 9.47 Å². The molecular weight excluding hydrogens is 400 g/mol. The summed E-state index contributed by atoms with van der Waals surface area (Å²) in [7, 11) is -3.26. The van der Waals surface area contributed by atoms with E-state index in [9.17, 15) is 8.42 Å². The summed E-state index contributed by atoms with van der Waals surface area (Å²) in [6.07, 6.45) is 6.86. The van der Waals surface area contributed by atoms with Crippen molar-refractivity contribution < 1.29 is 17.9 Å². The van der Waals surface area contributed by atoms with Gasteiger partial charge < -0.3 is 9.47 Å². The van der Waals surface area contributed by atoms with Crippen LogP contribution in [0.3, 0.4) is 0 Å². The van der Waals surface area contributed by atoms with Gasteiger partial charge in [-0.2, -0.15) is 0 Å². The zero-order valence-corrected chi connectivity index (χ0v) is 18.6. The number of hydrogen-bond acceptors (Lipinski definition) is 5. The number of sulfonamides is 1. The fourth-order valence-corrected chi connectivity index (χ4v) is 7.07. The summed E-state index contributed by atoms with van der Waals surface area (Å²) < 4.78 is 39.5. The molecule has 1 atom stereocenters. The molecular formula is C23H34N2O4S. The van der Waals surface area contributed by atoms with Crippen molar-refractivity contribution in [2.45, 2.75) is 62.0 Å². The number of rotatable bonds is 7. The van der Waals surface area contributed by atoms with Gasteiger partial charge in [0.1, 0.15) is 0 Å². The molecule has 1 unspecified atom stereocenters. The molecule has 30 heavy (non-hydrogen) atoms. The summed E-state index contributed by atoms with van der Waals surface area (Å²) in [5.41, 5.74) is 0.974. The second-order valence-electron chi connectivity index (χ2n) is 9.51. The van der Waals surface area contributed by atoms with E-state index in [1.165, 1.54) is 12.8 Å². The van der Waals surface area contributed by atoms with Gasteiger partial charge in [0.15, 0.2) is 0 Å². The molecule has 1 spiro atoms. The predicted octanol–water partition coefficient (Wildman–Crippen LogP) is 2.64. The minimum Gasteiger partial charge on any atom is -0.381 e. The van der Waals surface area contributed by atoms with E-state index in [2.05, 4.69) is 4.90 Å². The van der Waals surface area contributed by atoms with Crippen LogP contribution in [0.15, 0.2) is 30.3 Å². The van der Waals surface area contributed by atoms with Crippen molar-refractivity contribution in [1.82, 2.24) is 9.21 Å². The predicted molar refractivity (Wildman–Crippen MR) is 116 cm³/mol. The van der Waals surface area contributed by atoms with Crippen molar-refractivity contribution in [1.29, 1.82) is 0 Å². The van der Waals surface area contributed by atoms with Crippen LogP contribution in [0.4, 0.5) is 0 Å². The van der Waals surface area contributed by atoms with Crippen molar-refractivity contribution in [2.24, 2.45) is 5.92 Å². The fourth-order valence-electron chi connectivity index (χ4n) is 5.50. The minimum absolute atomic E-state index is 0.0978. The Balaban J connectivity index is 1.19. The standard InChI is InChI=1S/C23H34N2O4S/c26-30(27,18-20-4-2-1-3-5-20)24-12-8-21(9-13-24)25-16-22(29-17-19-6-7-19)23(25)10-14-28-15-11-23/h1-5,19,21-22H,6-18H2. The van der Waals surface area contributed by atoms with E-state index < -0.39 is 10.0 Å². The number of ether oxygens (including phenoxy) is 2. The van der Waals surface area contributed by atoms with Crippen molar-refractivity contribution in [3.8, 4) is 0 Å². The van der Waals surface area contributed by atoms with Gasteiger partial charge in [0, 0.05) is 45.5 Å². The maximum atomic E-state index is 12.9. The summed E-state index contributed by atoms with van der Waals surface area (Å²) in [5.74, 6) is 0.884. The van der Waals surface area contributed by atoms with E-state index in [0.717, 1.165) is 63.5 Å². The summed E-state index contributed by atoms with van der Waals surface area (Å²) in [5, 5.41) is 0. The molecule has 4 aliphatic rings. The number of benzene rings is 1. The van der Waals surface area contributed by atoms with Gasteiger partial charge in [-0.15, -0.1) is 0 Å². The van der Waals surface area contributed by atoms with Crippen LogP contribution >= 0.6 is 0 Å². The second-order valence-corrected chi connectivity index (χ2v) is 11.5. The highest BCUT2D eigenvalue weighted by molar-refractivity contribution is 7.88. The van der Waals surface area contributed by atoms with Crippen molar-refractivity contribution >= 4 is 10.0 Å². The first-order chi connectivity index (χ1) is 14.6. The van der Waals surface area contributed by atoms with Crippen LogP contribution < -0.4 is 0 Å². The molecule has 4 fully saturated rings. The van der Waals surface area contributed by atoms with Crippen LogP contribution in [0.1, 0.15) is 44.1 Å². The largest absolute Gasteiger partial charge is 0.381 e. The summed E-state index contributed by atoms with van der Waals surface area (Å²) in [4.78, 5) is 2.65. The molecule has 3 heterocycles. The number of likely N-dealkylation sites (tertiary alicyclic amines) is 1. The summed E-state index contributed by atoms with van der Waals surface area (Å²) >= 11 is 0. The lowest BCUT2D eigenvalue weighted by Gasteiger charge is -2.63. The van der Waals surface area contributed by atoms with Crippen LogP contribution in [0.5, 0.6) is 0 Å². The van der Waals surface area contributed by atoms with Crippen LogP contribution in [0.25, 0.3) is 0 Å². The van der Waals surface area contributed by atoms with Crippen LogP contribution in [-0.4, -0.2) is 74.8 Å². The number of nitrogens with zero attached hydrogens (tertiary/aromatic N) is 2. The summed E-state index contributed by atoms with van der Waals surface area (Å²) in [6, 6.07) is 9.95. The first kappa shape index (κ1) is 20.9. The molecule has 1 aromatic rings. The monoisotopic (exact) mass is 434 g/mol. The SMILES string of the molecule is O=S(=O)(Cc1ccccc1)N1CCC(N2CC(OCC3CC3)C23CCOCC3)CC1. The molecule has 1 saturated carbocycles. The third-order valence-electron chi connectivity index (χ3n) is 7.57. The van der Waals surface area contributed by atoms with E-state index in [-0.39, 0.29) is 11.3 Å². The Kier molecular flexibility index (Phi) is 5.92. The van der Waals surface area contributed by atoms with Gasteiger partial charge in [0.2, 0.25) is 10.0 Å². The Labute approximate surface area is 180 Å². The Morgan fingerprint density at radius 3 is 2.40 bits per heavy atom. The molecule has 1 aromatic carbocycles. The first-order valence-electron chi connectivity index (χ1n) is 11.5. The lowest BCUT2D eigenvalue weighted by molar-refractivity contribution is -0.217. The molecule has 0 amide bonds. The smallest absolute Gasteiger partial charge is 0.218 e. The normalized spacial score (nSPS) is 28.5. The molecule has 0 N–H and O–H groups in total. The van der Waals surface area contributed by atoms with Crippen LogP contribution in [0.2, 0.25) is 0 Å². The average Bonchev–Trinajstić information content (AvgIpc) is 3.59. The molecule has 0 aromatic heterocycles. The minimum atomic E-state index is -3.26. The number of piperidine rings is 1. The highest BCUT2D eigenvalue weighted by Crippen LogP contribution is 2.45. The van der Waals surface area contributed by atoms with Gasteiger partial charge in [-0.25, -0.2) is 12.7 Å². The van der Waals surface area contributed by atoms with Gasteiger partial charge in [0.05, 0.1) is 17.4 Å². The molecule has 0 radical (unpaired) electrons. The maximum absolute atomic E-state index is 12.9. The zero-order chi connectivity index (χ0) is 20.6. The molecule has 166 valence electrons. The van der Waals surface area contributed by atoms with E-state index >= 15 is 0 Å². The third-order valence-corrected chi connectivity index (χ3v) is 9.42. The third kappa shape index (κ3) is 4.19. The van der Waals surface area contributed by atoms with Crippen molar-refractivity contribution in [3.05, 3.63) is 35.9 Å². The van der Waals surface area contributed by atoms with Gasteiger partial charge in [0.25, 0.3) is 0 Å². The van der Waals surface area contributed by atoms with E-state index in [1.807, 2.05) is 30.3 Å². The highest BCUT2D eigenvalue weighted by atomic mass is 32.2. The fraction of sp³-hybridized carbons (Fsp3) is 0.739. The molecule has 3 aliphatic heterocycles. The first-order valence-corrected chi connectivity index (χ1v) is 13.2. The van der Waals surface area contributed by atoms with Crippen LogP contribution in [-0.2, 0) is 25.2 Å². The molecule has 7 heteroatoms. The van der Waals surface area contributed by atoms with Crippen molar-refractivity contribution in [2.75, 3.05) is 39.5 Å². The molecule has 3 saturated heterocycles. The van der Waals surface area contributed by atoms with Crippen LogP contribution in [0, 0.1) is 5.92 Å². The average molecular weight is 435 g/mol. The Morgan fingerprint density at radius 1 is 1.03 bits per heavy atom. The highest BCUT2D eigenvalue weighted by Gasteiger charge is 2.57. The van der Waals surface area contributed by atoms with E-state index in [0.29, 0.717) is 25.2 Å². The van der Waals surface area contributed by atoms with Gasteiger partial charge in [-0.1, -0.05) is 30.3 Å². The lowest BCUT2D eigenvalue weighted by Crippen LogP contribution is -2.76. The van der Waals surface area contributed by atoms with Gasteiger partial charge >= 0.3 is 0 Å². The quantitative estimate of drug-likeness (QED) is 0.660. The Hall–Kier alpha value is -0.990. The second kappa shape index (κ2) is 8.51. The van der Waals surface area contributed by atoms with Gasteiger partial charge in [-0.05, 0) is 50.0 Å². The Morgan fingerprint density at radius 2 is 1.73 bits per heavy atom. The molecule has 5 rings (SSSR count). The zero-order valence-electron chi connectivity index (χ0n) is 17.7. The van der Waals surface area contributed by atoms with Gasteiger partial charge in [-0.3, -0.25) is 4.90 Å². The lowest BCUT2D eigenvalue weighted by atomic mass is 9.73. The Bertz CT molecular complexity index is 813. The topological polar surface area (TPSA) is 59.1 Å². The summed E-state index contributed by atoms with van der Waals surface area (Å²) in [6.45, 7) is 4.77. The number of hydrogen-bond donors (Lipinski definition) is 0. The molecule has 0 bridgehead atoms. The molecule has 1 aliphatic carbocycles. The van der Waals surface area contributed by atoms with Crippen molar-refractivity contribution in [3.63, 3.8) is 0 Å². The van der Waals surface area contributed by atoms with E-state index in [1.54, 1.807) is 4.31 Å².